The van der Waals surface area contributed by atoms with E-state index in [1.807, 2.05) is 12.1 Å². The number of nitrogens with zero attached hydrogens (tertiary/aromatic N) is 4. The molecule has 0 fully saturated rings. The van der Waals surface area contributed by atoms with Crippen molar-refractivity contribution in [3.8, 4) is 17.5 Å². The number of nitriles is 1. The fourth-order valence-corrected chi connectivity index (χ4v) is 2.37. The molecule has 2 heterocycles. The molecule has 7 nitrogen and oxygen atoms in total. The highest BCUT2D eigenvalue weighted by Gasteiger charge is 2.13. The predicted molar refractivity (Wildman–Crippen MR) is 99.8 cm³/mol. The highest BCUT2D eigenvalue weighted by atomic mass is 19.1. The lowest BCUT2D eigenvalue weighted by molar-refractivity contribution is 0.281. The van der Waals surface area contributed by atoms with Crippen LogP contribution in [0.1, 0.15) is 12.5 Å². The smallest absolute Gasteiger partial charge is 0.225 e. The van der Waals surface area contributed by atoms with Crippen molar-refractivity contribution in [3.05, 3.63) is 60.0 Å². The molecule has 0 saturated heterocycles. The maximum absolute atomic E-state index is 13.8. The van der Waals surface area contributed by atoms with Crippen LogP contribution in [0.25, 0.3) is 11.4 Å². The van der Waals surface area contributed by atoms with Gasteiger partial charge in [0.1, 0.15) is 23.3 Å². The lowest BCUT2D eigenvalue weighted by Crippen LogP contribution is -2.21. The van der Waals surface area contributed by atoms with E-state index < -0.39 is 5.82 Å². The average Bonchev–Trinajstić information content (AvgIpc) is 2.68. The van der Waals surface area contributed by atoms with Crippen LogP contribution in [0.15, 0.2) is 48.7 Å². The van der Waals surface area contributed by atoms with Gasteiger partial charge in [0.25, 0.3) is 0 Å². The zero-order valence-corrected chi connectivity index (χ0v) is 14.5. The summed E-state index contributed by atoms with van der Waals surface area (Å²) < 4.78 is 13.8. The molecule has 27 heavy (non-hydrogen) atoms. The minimum absolute atomic E-state index is 0.0948. The van der Waals surface area contributed by atoms with E-state index in [4.69, 9.17) is 0 Å². The van der Waals surface area contributed by atoms with Crippen molar-refractivity contribution in [2.75, 3.05) is 17.2 Å². The summed E-state index contributed by atoms with van der Waals surface area (Å²) in [5.74, 6) is 0.0197. The Balaban J connectivity index is 2.03. The molecule has 0 aliphatic rings. The number of halogens is 1. The number of aliphatic hydroxyl groups is 1. The van der Waals surface area contributed by atoms with Gasteiger partial charge >= 0.3 is 0 Å². The topological polar surface area (TPSA) is 107 Å². The van der Waals surface area contributed by atoms with E-state index in [1.54, 1.807) is 37.4 Å². The van der Waals surface area contributed by atoms with Gasteiger partial charge in [0, 0.05) is 18.3 Å². The zero-order chi connectivity index (χ0) is 19.2. The second kappa shape index (κ2) is 8.21. The Hall–Kier alpha value is -3.57. The van der Waals surface area contributed by atoms with Gasteiger partial charge in [0.2, 0.25) is 5.95 Å². The fourth-order valence-electron chi connectivity index (χ4n) is 2.37. The third kappa shape index (κ3) is 4.34. The monoisotopic (exact) mass is 364 g/mol. The molecule has 136 valence electrons. The zero-order valence-electron chi connectivity index (χ0n) is 14.5. The summed E-state index contributed by atoms with van der Waals surface area (Å²) in [5.41, 5.74) is 1.36. The minimum Gasteiger partial charge on any atom is -0.394 e. The molecule has 0 aliphatic carbocycles. The van der Waals surface area contributed by atoms with Crippen molar-refractivity contribution in [1.29, 1.82) is 5.26 Å². The summed E-state index contributed by atoms with van der Waals surface area (Å²) in [7, 11) is 0. The molecule has 0 radical (unpaired) electrons. The van der Waals surface area contributed by atoms with Crippen LogP contribution in [0, 0.1) is 17.1 Å². The normalized spacial score (nSPS) is 11.5. The highest BCUT2D eigenvalue weighted by Crippen LogP contribution is 2.25. The van der Waals surface area contributed by atoms with Crippen LogP contribution in [0.3, 0.4) is 0 Å². The Morgan fingerprint density at radius 2 is 2.04 bits per heavy atom. The van der Waals surface area contributed by atoms with Crippen LogP contribution in [0.4, 0.5) is 21.8 Å². The van der Waals surface area contributed by atoms with Gasteiger partial charge in [-0.15, -0.1) is 0 Å². The number of pyridine rings is 1. The standard InChI is InChI=1S/C19H17FN6O/c1-12(11-27)23-19-25-17(16-6-2-3-8-22-16)9-18(26-19)24-15-7-4-5-14(20)13(15)10-21/h2-9,12,27H,11H2,1H3,(H2,23,24,25,26)/t12-/m1/s1. The molecular formula is C19H17FN6O. The van der Waals surface area contributed by atoms with Crippen LogP contribution < -0.4 is 10.6 Å². The molecule has 0 amide bonds. The Kier molecular flexibility index (Phi) is 5.54. The maximum atomic E-state index is 13.8. The van der Waals surface area contributed by atoms with Crippen molar-refractivity contribution < 1.29 is 9.50 Å². The molecule has 0 spiro atoms. The van der Waals surface area contributed by atoms with Crippen LogP contribution in [0.5, 0.6) is 0 Å². The van der Waals surface area contributed by atoms with E-state index in [9.17, 15) is 14.8 Å². The largest absolute Gasteiger partial charge is 0.394 e. The Morgan fingerprint density at radius 3 is 2.74 bits per heavy atom. The van der Waals surface area contributed by atoms with Gasteiger partial charge < -0.3 is 15.7 Å². The number of rotatable bonds is 6. The number of aliphatic hydroxyl groups excluding tert-OH is 1. The molecule has 0 saturated carbocycles. The van der Waals surface area contributed by atoms with Crippen molar-refractivity contribution >= 4 is 17.5 Å². The van der Waals surface area contributed by atoms with E-state index in [2.05, 4.69) is 25.6 Å². The maximum Gasteiger partial charge on any atom is 0.225 e. The molecule has 0 unspecified atom stereocenters. The molecule has 3 N–H and O–H groups in total. The van der Waals surface area contributed by atoms with Crippen LogP contribution in [0.2, 0.25) is 0 Å². The first kappa shape index (κ1) is 18.2. The van der Waals surface area contributed by atoms with E-state index in [0.29, 0.717) is 22.9 Å². The second-order valence-corrected chi connectivity index (χ2v) is 5.80. The lowest BCUT2D eigenvalue weighted by Gasteiger charge is -2.14. The summed E-state index contributed by atoms with van der Waals surface area (Å²) in [5, 5.41) is 24.4. The van der Waals surface area contributed by atoms with Gasteiger partial charge in [-0.05, 0) is 31.2 Å². The first-order chi connectivity index (χ1) is 13.1. The molecule has 0 aliphatic heterocycles. The third-order valence-corrected chi connectivity index (χ3v) is 3.69. The van der Waals surface area contributed by atoms with Gasteiger partial charge in [-0.1, -0.05) is 12.1 Å². The molecule has 2 aromatic heterocycles. The van der Waals surface area contributed by atoms with Gasteiger partial charge in [0.15, 0.2) is 0 Å². The minimum atomic E-state index is -0.617. The lowest BCUT2D eigenvalue weighted by atomic mass is 10.2. The first-order valence-electron chi connectivity index (χ1n) is 8.24. The second-order valence-electron chi connectivity index (χ2n) is 5.80. The molecule has 3 aromatic rings. The summed E-state index contributed by atoms with van der Waals surface area (Å²) in [6.45, 7) is 1.69. The Bertz CT molecular complexity index is 974. The third-order valence-electron chi connectivity index (χ3n) is 3.69. The molecule has 0 bridgehead atoms. The first-order valence-corrected chi connectivity index (χ1v) is 8.24. The van der Waals surface area contributed by atoms with Crippen molar-refractivity contribution in [3.63, 3.8) is 0 Å². The fraction of sp³-hybridized carbons (Fsp3) is 0.158. The Labute approximate surface area is 155 Å². The number of hydrogen-bond acceptors (Lipinski definition) is 7. The van der Waals surface area contributed by atoms with Crippen molar-refractivity contribution in [2.24, 2.45) is 0 Å². The molecule has 8 heteroatoms. The van der Waals surface area contributed by atoms with Gasteiger partial charge in [-0.3, -0.25) is 4.98 Å². The SMILES string of the molecule is C[C@H](CO)Nc1nc(Nc2cccc(F)c2C#N)cc(-c2ccccn2)n1. The van der Waals surface area contributed by atoms with Crippen LogP contribution in [-0.4, -0.2) is 32.7 Å². The molecule has 1 atom stereocenters. The highest BCUT2D eigenvalue weighted by molar-refractivity contribution is 5.69. The average molecular weight is 364 g/mol. The number of nitrogens with one attached hydrogen (secondary N) is 2. The van der Waals surface area contributed by atoms with Gasteiger partial charge in [0.05, 0.1) is 23.7 Å². The van der Waals surface area contributed by atoms with Crippen molar-refractivity contribution in [1.82, 2.24) is 15.0 Å². The molecule has 3 rings (SSSR count). The number of anilines is 3. The Morgan fingerprint density at radius 1 is 1.19 bits per heavy atom. The van der Waals surface area contributed by atoms with E-state index >= 15 is 0 Å². The van der Waals surface area contributed by atoms with Crippen molar-refractivity contribution in [2.45, 2.75) is 13.0 Å². The predicted octanol–water partition coefficient (Wildman–Crippen LogP) is 3.09. The van der Waals surface area contributed by atoms with E-state index in [0.717, 1.165) is 0 Å². The molecule has 1 aromatic carbocycles. The van der Waals surface area contributed by atoms with Crippen LogP contribution in [-0.2, 0) is 0 Å². The van der Waals surface area contributed by atoms with Gasteiger partial charge in [-0.2, -0.15) is 10.2 Å². The number of hydrogen-bond donors (Lipinski definition) is 3. The summed E-state index contributed by atoms with van der Waals surface area (Å²) in [6.07, 6.45) is 1.65. The number of aromatic nitrogens is 3. The van der Waals surface area contributed by atoms with E-state index in [1.165, 1.54) is 12.1 Å². The van der Waals surface area contributed by atoms with E-state index in [-0.39, 0.29) is 24.2 Å². The van der Waals surface area contributed by atoms with Gasteiger partial charge in [-0.25, -0.2) is 9.37 Å². The van der Waals surface area contributed by atoms with Crippen LogP contribution >= 0.6 is 0 Å². The molecular weight excluding hydrogens is 347 g/mol. The summed E-state index contributed by atoms with van der Waals surface area (Å²) in [6, 6.07) is 13.0. The summed E-state index contributed by atoms with van der Waals surface area (Å²) in [4.78, 5) is 13.0. The number of benzene rings is 1. The summed E-state index contributed by atoms with van der Waals surface area (Å²) >= 11 is 0. The quantitative estimate of drug-likeness (QED) is 0.617.